The Hall–Kier alpha value is -4.23. The number of hydrogen-bond acceptors (Lipinski definition) is 11. The van der Waals surface area contributed by atoms with Crippen molar-refractivity contribution in [1.29, 1.82) is 10.7 Å². The molecule has 13 nitrogen and oxygen atoms in total. The molecule has 1 aliphatic rings. The van der Waals surface area contributed by atoms with Gasteiger partial charge in [0.2, 0.25) is 5.88 Å². The highest BCUT2D eigenvalue weighted by Crippen LogP contribution is 2.41. The predicted octanol–water partition coefficient (Wildman–Crippen LogP) is 2.82. The standard InChI is InChI=1S/C28H31N5O8S2/c1-3-31-23-11-9-21(19-29)17-24(23)32(13-5-15-42(34,35)36)27(31)7-4-8-28-33(14-6-16-43(37,38)39)25-18-22(40-20(2)30)10-12-26(25)41-28/h4,7-12,17-18,30H,3,5-6,13-16H2,1-2H3,(H-,34,35,36,37,38,39)/p-1. The molecule has 0 unspecified atom stereocenters. The molecule has 0 radical (unpaired) electrons. The van der Waals surface area contributed by atoms with Crippen LogP contribution in [0, 0.1) is 16.7 Å². The minimum Gasteiger partial charge on any atom is -0.748 e. The summed E-state index contributed by atoms with van der Waals surface area (Å²) in [6, 6.07) is 12.3. The Bertz CT molecular complexity index is 1870. The summed E-state index contributed by atoms with van der Waals surface area (Å²) < 4.78 is 82.7. The lowest BCUT2D eigenvalue weighted by Crippen LogP contribution is -2.35. The maximum absolute atomic E-state index is 11.3. The number of anilines is 1. The largest absolute Gasteiger partial charge is 0.748 e. The Labute approximate surface area is 249 Å². The first-order chi connectivity index (χ1) is 20.3. The minimum atomic E-state index is -4.42. The third-order valence-corrected chi connectivity index (χ3v) is 8.14. The summed E-state index contributed by atoms with van der Waals surface area (Å²) in [7, 11) is -8.83. The predicted molar refractivity (Wildman–Crippen MR) is 156 cm³/mol. The molecule has 0 fully saturated rings. The highest BCUT2D eigenvalue weighted by molar-refractivity contribution is 7.85. The molecule has 3 aromatic rings. The van der Waals surface area contributed by atoms with Gasteiger partial charge in [-0.15, -0.1) is 0 Å². The van der Waals surface area contributed by atoms with Gasteiger partial charge in [-0.2, -0.15) is 5.26 Å². The van der Waals surface area contributed by atoms with Gasteiger partial charge >= 0.3 is 0 Å². The van der Waals surface area contributed by atoms with Crippen LogP contribution in [0.1, 0.15) is 38.1 Å². The fraction of sp³-hybridized carbons (Fsp3) is 0.321. The molecule has 2 aromatic carbocycles. The van der Waals surface area contributed by atoms with Crippen LogP contribution >= 0.6 is 0 Å². The van der Waals surface area contributed by atoms with Crippen LogP contribution in [-0.2, 0) is 33.3 Å². The zero-order valence-electron chi connectivity index (χ0n) is 23.5. The fourth-order valence-corrected chi connectivity index (χ4v) is 5.83. The van der Waals surface area contributed by atoms with E-state index in [1.54, 1.807) is 53.5 Å². The second-order valence-electron chi connectivity index (χ2n) is 9.71. The maximum Gasteiger partial charge on any atom is 0.282 e. The number of imidazole rings is 1. The molecule has 0 spiro atoms. The van der Waals surface area contributed by atoms with Crippen molar-refractivity contribution in [1.82, 2.24) is 4.57 Å². The molecular weight excluding hydrogens is 598 g/mol. The van der Waals surface area contributed by atoms with Gasteiger partial charge in [0, 0.05) is 43.2 Å². The lowest BCUT2D eigenvalue weighted by molar-refractivity contribution is -0.670. The molecule has 1 N–H and O–H groups in total. The van der Waals surface area contributed by atoms with E-state index >= 15 is 0 Å². The molecule has 4 rings (SSSR count). The number of aryl methyl sites for hydroxylation is 2. The first-order valence-corrected chi connectivity index (χ1v) is 16.5. The number of aromatic nitrogens is 2. The average Bonchev–Trinajstić information content (AvgIpc) is 3.40. The number of rotatable bonds is 12. The molecule has 0 atom stereocenters. The second-order valence-corrected chi connectivity index (χ2v) is 12.8. The summed E-state index contributed by atoms with van der Waals surface area (Å²) in [4.78, 5) is 1.71. The van der Waals surface area contributed by atoms with Crippen LogP contribution in [-0.4, -0.2) is 54.5 Å². The normalized spacial score (nSPS) is 14.3. The van der Waals surface area contributed by atoms with Crippen molar-refractivity contribution in [3.05, 3.63) is 65.8 Å². The second kappa shape index (κ2) is 13.0. The van der Waals surface area contributed by atoms with E-state index in [2.05, 4.69) is 6.07 Å². The lowest BCUT2D eigenvalue weighted by Gasteiger charge is -2.19. The van der Waals surface area contributed by atoms with Crippen LogP contribution in [0.3, 0.4) is 0 Å². The van der Waals surface area contributed by atoms with Gasteiger partial charge in [0.15, 0.2) is 22.7 Å². The zero-order chi connectivity index (χ0) is 31.4. The van der Waals surface area contributed by atoms with E-state index in [4.69, 9.17) is 14.9 Å². The molecule has 1 aliphatic heterocycles. The Morgan fingerprint density at radius 1 is 1.09 bits per heavy atom. The lowest BCUT2D eigenvalue weighted by atomic mass is 10.2. The molecule has 0 saturated carbocycles. The molecule has 228 valence electrons. The molecule has 15 heteroatoms. The number of nitrogens with zero attached hydrogens (tertiary/aromatic N) is 4. The maximum atomic E-state index is 11.3. The number of benzene rings is 2. The molecule has 1 aromatic heterocycles. The highest BCUT2D eigenvalue weighted by Gasteiger charge is 2.27. The smallest absolute Gasteiger partial charge is 0.282 e. The van der Waals surface area contributed by atoms with Gasteiger partial charge in [-0.05, 0) is 56.2 Å². The van der Waals surface area contributed by atoms with E-state index in [0.29, 0.717) is 46.5 Å². The summed E-state index contributed by atoms with van der Waals surface area (Å²) in [5, 5.41) is 17.0. The van der Waals surface area contributed by atoms with E-state index in [0.717, 1.165) is 5.52 Å². The Morgan fingerprint density at radius 3 is 2.42 bits per heavy atom. The molecular formula is C28H30N5O8S2-. The highest BCUT2D eigenvalue weighted by atomic mass is 32.2. The van der Waals surface area contributed by atoms with Crippen molar-refractivity contribution in [2.24, 2.45) is 0 Å². The number of nitrogens with one attached hydrogen (secondary N) is 1. The Morgan fingerprint density at radius 2 is 1.79 bits per heavy atom. The van der Waals surface area contributed by atoms with Crippen LogP contribution in [0.2, 0.25) is 0 Å². The van der Waals surface area contributed by atoms with Crippen LogP contribution in [0.4, 0.5) is 5.69 Å². The average molecular weight is 629 g/mol. The summed E-state index contributed by atoms with van der Waals surface area (Å²) in [5.41, 5.74) is 2.52. The van der Waals surface area contributed by atoms with Crippen LogP contribution in [0.5, 0.6) is 11.5 Å². The monoisotopic (exact) mass is 628 g/mol. The Kier molecular flexibility index (Phi) is 9.55. The molecule has 0 aliphatic carbocycles. The van der Waals surface area contributed by atoms with E-state index in [1.807, 2.05) is 22.1 Å². The fourth-order valence-electron chi connectivity index (χ4n) is 4.87. The van der Waals surface area contributed by atoms with Crippen molar-refractivity contribution in [3.8, 4) is 17.6 Å². The van der Waals surface area contributed by atoms with E-state index in [-0.39, 0.29) is 31.8 Å². The first-order valence-electron chi connectivity index (χ1n) is 13.3. The summed E-state index contributed by atoms with van der Waals surface area (Å²) in [5.74, 6) is 0.790. The SMILES string of the molecule is CC[n+]1c(C=CC=C2Oc3ccc(OC(C)=N)cc3N2CCCS(=O)(=O)[O-])n(CCCS(=O)(=O)[O-])c2cc(C#N)ccc21. The molecule has 0 bridgehead atoms. The number of nitriles is 1. The van der Waals surface area contributed by atoms with E-state index in [9.17, 15) is 31.2 Å². The van der Waals surface area contributed by atoms with Crippen LogP contribution in [0.15, 0.2) is 54.4 Å². The quantitative estimate of drug-likeness (QED) is 0.135. The number of ether oxygens (including phenoxy) is 2. The van der Waals surface area contributed by atoms with Crippen molar-refractivity contribution in [2.45, 2.75) is 39.8 Å². The van der Waals surface area contributed by atoms with Gasteiger partial charge in [0.05, 0.1) is 50.6 Å². The van der Waals surface area contributed by atoms with Crippen molar-refractivity contribution in [3.63, 3.8) is 0 Å². The number of allylic oxidation sites excluding steroid dienone is 2. The van der Waals surface area contributed by atoms with Crippen LogP contribution in [0.25, 0.3) is 17.1 Å². The van der Waals surface area contributed by atoms with Gasteiger partial charge in [-0.25, -0.2) is 26.0 Å². The summed E-state index contributed by atoms with van der Waals surface area (Å²) >= 11 is 0. The van der Waals surface area contributed by atoms with E-state index in [1.165, 1.54) is 6.92 Å². The van der Waals surface area contributed by atoms with Gasteiger partial charge < -0.3 is 23.5 Å². The minimum absolute atomic E-state index is 0.0177. The Balaban J connectivity index is 1.72. The summed E-state index contributed by atoms with van der Waals surface area (Å²) in [6.45, 7) is 4.34. The first kappa shape index (κ1) is 31.7. The number of hydrogen-bond donors (Lipinski definition) is 1. The van der Waals surface area contributed by atoms with Crippen molar-refractivity contribution in [2.75, 3.05) is 23.0 Å². The molecule has 0 saturated heterocycles. The van der Waals surface area contributed by atoms with Crippen LogP contribution < -0.4 is 18.9 Å². The third kappa shape index (κ3) is 7.99. The zero-order valence-corrected chi connectivity index (χ0v) is 25.2. The van der Waals surface area contributed by atoms with Gasteiger partial charge in [0.1, 0.15) is 5.75 Å². The van der Waals surface area contributed by atoms with Crippen molar-refractivity contribution < 1.29 is 40.0 Å². The third-order valence-electron chi connectivity index (χ3n) is 6.56. The van der Waals surface area contributed by atoms with Gasteiger partial charge in [-0.1, -0.05) is 0 Å². The molecule has 2 heterocycles. The topological polar surface area (TPSA) is 193 Å². The van der Waals surface area contributed by atoms with Gasteiger partial charge in [-0.3, -0.25) is 5.41 Å². The van der Waals surface area contributed by atoms with Crippen molar-refractivity contribution >= 4 is 48.9 Å². The number of fused-ring (bicyclic) bond motifs is 2. The molecule has 43 heavy (non-hydrogen) atoms. The molecule has 0 amide bonds. The van der Waals surface area contributed by atoms with E-state index < -0.39 is 31.7 Å². The summed E-state index contributed by atoms with van der Waals surface area (Å²) in [6.07, 6.45) is 5.28. The van der Waals surface area contributed by atoms with Gasteiger partial charge in [0.25, 0.3) is 5.82 Å².